The van der Waals surface area contributed by atoms with Crippen molar-refractivity contribution in [3.05, 3.63) is 36.2 Å². The van der Waals surface area contributed by atoms with E-state index in [4.69, 9.17) is 9.47 Å². The first-order valence-electron chi connectivity index (χ1n) is 8.57. The quantitative estimate of drug-likeness (QED) is 0.890. The van der Waals surface area contributed by atoms with E-state index in [2.05, 4.69) is 20.6 Å². The second-order valence-electron chi connectivity index (χ2n) is 6.23. The highest BCUT2D eigenvalue weighted by molar-refractivity contribution is 6.04. The largest absolute Gasteiger partial charge is 0.486 e. The molecule has 1 aliphatic carbocycles. The van der Waals surface area contributed by atoms with Crippen LogP contribution in [0.1, 0.15) is 36.0 Å². The van der Waals surface area contributed by atoms with Crippen LogP contribution < -0.4 is 20.1 Å². The number of benzene rings is 1. The van der Waals surface area contributed by atoms with Gasteiger partial charge in [0.15, 0.2) is 11.5 Å². The van der Waals surface area contributed by atoms with Crippen LogP contribution >= 0.6 is 0 Å². The molecule has 1 aromatic carbocycles. The third kappa shape index (κ3) is 3.65. The normalized spacial score (nSPS) is 16.5. The molecule has 4 rings (SSSR count). The minimum atomic E-state index is -0.260. The van der Waals surface area contributed by atoms with Crippen LogP contribution in [0, 0.1) is 0 Å². The second kappa shape index (κ2) is 6.96. The van der Waals surface area contributed by atoms with Gasteiger partial charge in [-0.15, -0.1) is 0 Å². The number of aromatic nitrogens is 2. The Morgan fingerprint density at radius 3 is 2.52 bits per heavy atom. The average Bonchev–Trinajstić information content (AvgIpc) is 3.15. The Kier molecular flexibility index (Phi) is 4.37. The van der Waals surface area contributed by atoms with Crippen molar-refractivity contribution < 1.29 is 14.3 Å². The molecule has 0 saturated heterocycles. The molecule has 7 heteroatoms. The summed E-state index contributed by atoms with van der Waals surface area (Å²) in [7, 11) is 0. The van der Waals surface area contributed by atoms with Gasteiger partial charge in [-0.2, -0.15) is 0 Å². The molecule has 2 aromatic rings. The number of hydrogen-bond acceptors (Lipinski definition) is 6. The standard InChI is InChI=1S/C18H20N4O3/c23-17(21-14-5-6-15-16(9-14)25-8-7-24-15)12-10-19-18(20-11-12)22-13-3-1-2-4-13/h5-6,9-11,13H,1-4,7-8H2,(H,21,23)(H,19,20,22). The van der Waals surface area contributed by atoms with Gasteiger partial charge in [0.25, 0.3) is 5.91 Å². The lowest BCUT2D eigenvalue weighted by Crippen LogP contribution is -2.18. The Bertz CT molecular complexity index is 757. The zero-order valence-corrected chi connectivity index (χ0v) is 13.8. The van der Waals surface area contributed by atoms with Gasteiger partial charge in [0.2, 0.25) is 5.95 Å². The number of carbonyl (C=O) groups is 1. The van der Waals surface area contributed by atoms with Gasteiger partial charge in [0.1, 0.15) is 13.2 Å². The predicted molar refractivity (Wildman–Crippen MR) is 93.3 cm³/mol. The van der Waals surface area contributed by atoms with Gasteiger partial charge in [-0.05, 0) is 25.0 Å². The summed E-state index contributed by atoms with van der Waals surface area (Å²) in [6, 6.07) is 5.76. The lowest BCUT2D eigenvalue weighted by Gasteiger charge is -2.19. The fraction of sp³-hybridized carbons (Fsp3) is 0.389. The maximum atomic E-state index is 12.4. The highest BCUT2D eigenvalue weighted by Crippen LogP contribution is 2.32. The lowest BCUT2D eigenvalue weighted by molar-refractivity contribution is 0.102. The molecule has 2 heterocycles. The molecule has 0 radical (unpaired) electrons. The first kappa shape index (κ1) is 15.7. The zero-order chi connectivity index (χ0) is 17.1. The van der Waals surface area contributed by atoms with Crippen LogP contribution in [-0.4, -0.2) is 35.1 Å². The van der Waals surface area contributed by atoms with E-state index in [1.807, 2.05) is 0 Å². The number of nitrogens with zero attached hydrogens (tertiary/aromatic N) is 2. The first-order valence-corrected chi connectivity index (χ1v) is 8.57. The molecule has 1 aliphatic heterocycles. The van der Waals surface area contributed by atoms with Gasteiger partial charge in [-0.3, -0.25) is 4.79 Å². The third-order valence-corrected chi connectivity index (χ3v) is 4.40. The molecule has 0 atom stereocenters. The van der Waals surface area contributed by atoms with E-state index >= 15 is 0 Å². The Hall–Kier alpha value is -2.83. The van der Waals surface area contributed by atoms with Crippen LogP contribution in [0.25, 0.3) is 0 Å². The van der Waals surface area contributed by atoms with Crippen LogP contribution in [0.5, 0.6) is 11.5 Å². The molecular formula is C18H20N4O3. The van der Waals surface area contributed by atoms with Crippen LogP contribution in [-0.2, 0) is 0 Å². The van der Waals surface area contributed by atoms with Gasteiger partial charge in [-0.1, -0.05) is 12.8 Å². The molecule has 1 aromatic heterocycles. The van der Waals surface area contributed by atoms with Gasteiger partial charge in [0, 0.05) is 30.2 Å². The molecule has 1 saturated carbocycles. The Labute approximate surface area is 145 Å². The molecule has 2 aliphatic rings. The first-order chi connectivity index (χ1) is 12.3. The number of anilines is 2. The summed E-state index contributed by atoms with van der Waals surface area (Å²) in [6.45, 7) is 1.05. The van der Waals surface area contributed by atoms with Crippen LogP contribution in [0.3, 0.4) is 0 Å². The van der Waals surface area contributed by atoms with E-state index in [9.17, 15) is 4.79 Å². The minimum absolute atomic E-state index is 0.260. The molecular weight excluding hydrogens is 320 g/mol. The molecule has 0 bridgehead atoms. The van der Waals surface area contributed by atoms with Gasteiger partial charge < -0.3 is 20.1 Å². The van der Waals surface area contributed by atoms with Crippen LogP contribution in [0.15, 0.2) is 30.6 Å². The topological polar surface area (TPSA) is 85.4 Å². The average molecular weight is 340 g/mol. The molecule has 0 spiro atoms. The molecule has 130 valence electrons. The Morgan fingerprint density at radius 2 is 1.76 bits per heavy atom. The van der Waals surface area contributed by atoms with Crippen molar-refractivity contribution in [3.8, 4) is 11.5 Å². The number of carbonyl (C=O) groups excluding carboxylic acids is 1. The van der Waals surface area contributed by atoms with Crippen molar-refractivity contribution in [2.45, 2.75) is 31.7 Å². The number of rotatable bonds is 4. The van der Waals surface area contributed by atoms with Crippen molar-refractivity contribution >= 4 is 17.5 Å². The number of ether oxygens (including phenoxy) is 2. The van der Waals surface area contributed by atoms with Crippen molar-refractivity contribution in [3.63, 3.8) is 0 Å². The van der Waals surface area contributed by atoms with Crippen molar-refractivity contribution in [2.24, 2.45) is 0 Å². The Morgan fingerprint density at radius 1 is 1.04 bits per heavy atom. The number of fused-ring (bicyclic) bond motifs is 1. The van der Waals surface area contributed by atoms with E-state index in [0.29, 0.717) is 48.0 Å². The zero-order valence-electron chi connectivity index (χ0n) is 13.8. The summed E-state index contributed by atoms with van der Waals surface area (Å²) in [5.41, 5.74) is 1.05. The lowest BCUT2D eigenvalue weighted by atomic mass is 10.2. The van der Waals surface area contributed by atoms with Crippen molar-refractivity contribution in [1.29, 1.82) is 0 Å². The van der Waals surface area contributed by atoms with Crippen LogP contribution in [0.2, 0.25) is 0 Å². The van der Waals surface area contributed by atoms with E-state index in [0.717, 1.165) is 12.8 Å². The van der Waals surface area contributed by atoms with Crippen molar-refractivity contribution in [1.82, 2.24) is 9.97 Å². The van der Waals surface area contributed by atoms with Crippen molar-refractivity contribution in [2.75, 3.05) is 23.8 Å². The fourth-order valence-electron chi connectivity index (χ4n) is 3.10. The van der Waals surface area contributed by atoms with E-state index in [-0.39, 0.29) is 5.91 Å². The molecule has 7 nitrogen and oxygen atoms in total. The SMILES string of the molecule is O=C(Nc1ccc2c(c1)OCCO2)c1cnc(NC2CCCC2)nc1. The smallest absolute Gasteiger partial charge is 0.258 e. The maximum Gasteiger partial charge on any atom is 0.258 e. The summed E-state index contributed by atoms with van der Waals surface area (Å²) in [6.07, 6.45) is 7.86. The third-order valence-electron chi connectivity index (χ3n) is 4.40. The summed E-state index contributed by atoms with van der Waals surface area (Å²) < 4.78 is 11.0. The highest BCUT2D eigenvalue weighted by Gasteiger charge is 2.16. The summed E-state index contributed by atoms with van der Waals surface area (Å²) in [5.74, 6) is 1.64. The van der Waals surface area contributed by atoms with E-state index in [1.54, 1.807) is 18.2 Å². The van der Waals surface area contributed by atoms with Crippen LogP contribution in [0.4, 0.5) is 11.6 Å². The summed E-state index contributed by atoms with van der Waals surface area (Å²) in [5, 5.41) is 6.13. The van der Waals surface area contributed by atoms with Gasteiger partial charge in [-0.25, -0.2) is 9.97 Å². The molecule has 25 heavy (non-hydrogen) atoms. The molecule has 2 N–H and O–H groups in total. The maximum absolute atomic E-state index is 12.4. The van der Waals surface area contributed by atoms with Gasteiger partial charge >= 0.3 is 0 Å². The molecule has 1 amide bonds. The summed E-state index contributed by atoms with van der Waals surface area (Å²) >= 11 is 0. The second-order valence-corrected chi connectivity index (χ2v) is 6.23. The van der Waals surface area contributed by atoms with E-state index in [1.165, 1.54) is 25.2 Å². The number of amides is 1. The Balaban J connectivity index is 1.40. The molecule has 1 fully saturated rings. The monoisotopic (exact) mass is 340 g/mol. The van der Waals surface area contributed by atoms with E-state index < -0.39 is 0 Å². The number of nitrogens with one attached hydrogen (secondary N) is 2. The summed E-state index contributed by atoms with van der Waals surface area (Å²) in [4.78, 5) is 20.8. The van der Waals surface area contributed by atoms with Gasteiger partial charge in [0.05, 0.1) is 5.56 Å². The molecule has 0 unspecified atom stereocenters. The highest BCUT2D eigenvalue weighted by atomic mass is 16.6. The predicted octanol–water partition coefficient (Wildman–Crippen LogP) is 2.85. The fourth-order valence-corrected chi connectivity index (χ4v) is 3.10. The minimum Gasteiger partial charge on any atom is -0.486 e. The number of hydrogen-bond donors (Lipinski definition) is 2.